The van der Waals surface area contributed by atoms with Crippen LogP contribution in [0.5, 0.6) is 0 Å². The number of nitrogens with one attached hydrogen (secondary N) is 1. The molecule has 1 saturated heterocycles. The summed E-state index contributed by atoms with van der Waals surface area (Å²) in [6.45, 7) is 1.94. The first-order valence-electron chi connectivity index (χ1n) is 4.73. The molecule has 2 heterocycles. The lowest BCUT2D eigenvalue weighted by atomic mass is 10.1. The van der Waals surface area contributed by atoms with Gasteiger partial charge in [0.05, 0.1) is 12.5 Å². The van der Waals surface area contributed by atoms with Gasteiger partial charge >= 0.3 is 0 Å². The molecule has 76 valence electrons. The van der Waals surface area contributed by atoms with Crippen molar-refractivity contribution < 1.29 is 9.53 Å². The van der Waals surface area contributed by atoms with Crippen molar-refractivity contribution in [3.8, 4) is 0 Å². The first kappa shape index (κ1) is 9.68. The lowest BCUT2D eigenvalue weighted by Crippen LogP contribution is -2.30. The number of rotatable bonds is 3. The zero-order chi connectivity index (χ0) is 9.80. The average molecular weight is 211 g/mol. The van der Waals surface area contributed by atoms with Crippen molar-refractivity contribution in [2.24, 2.45) is 5.92 Å². The van der Waals surface area contributed by atoms with E-state index in [0.717, 1.165) is 13.0 Å². The largest absolute Gasteiger partial charge is 0.381 e. The van der Waals surface area contributed by atoms with E-state index in [9.17, 15) is 4.79 Å². The van der Waals surface area contributed by atoms with E-state index < -0.39 is 0 Å². The summed E-state index contributed by atoms with van der Waals surface area (Å²) in [6, 6.07) is 2.02. The van der Waals surface area contributed by atoms with E-state index in [0.29, 0.717) is 13.2 Å². The molecule has 1 aliphatic rings. The van der Waals surface area contributed by atoms with Crippen LogP contribution in [0.25, 0.3) is 0 Å². The van der Waals surface area contributed by atoms with Crippen molar-refractivity contribution in [3.05, 3.63) is 22.4 Å². The second-order valence-electron chi connectivity index (χ2n) is 3.41. The van der Waals surface area contributed by atoms with Gasteiger partial charge < -0.3 is 10.1 Å². The minimum Gasteiger partial charge on any atom is -0.381 e. The van der Waals surface area contributed by atoms with Gasteiger partial charge in [-0.1, -0.05) is 0 Å². The second kappa shape index (κ2) is 4.57. The number of hydrogen-bond donors (Lipinski definition) is 1. The molecule has 0 aromatic carbocycles. The molecule has 0 spiro atoms. The molecule has 1 aliphatic heterocycles. The number of ether oxygens (including phenoxy) is 1. The Morgan fingerprint density at radius 3 is 3.29 bits per heavy atom. The van der Waals surface area contributed by atoms with Gasteiger partial charge in [-0.3, -0.25) is 4.79 Å². The molecule has 1 aromatic rings. The Balaban J connectivity index is 1.77. The Morgan fingerprint density at radius 2 is 2.64 bits per heavy atom. The summed E-state index contributed by atoms with van der Waals surface area (Å²) in [5.41, 5.74) is 1.17. The number of amides is 1. The van der Waals surface area contributed by atoms with Crippen molar-refractivity contribution in [2.45, 2.75) is 13.0 Å². The van der Waals surface area contributed by atoms with Gasteiger partial charge in [-0.05, 0) is 28.8 Å². The maximum Gasteiger partial charge on any atom is 0.225 e. The molecule has 1 fully saturated rings. The highest BCUT2D eigenvalue weighted by atomic mass is 32.1. The number of thiophene rings is 1. The Kier molecular flexibility index (Phi) is 3.16. The first-order valence-corrected chi connectivity index (χ1v) is 5.67. The first-order chi connectivity index (χ1) is 6.86. The summed E-state index contributed by atoms with van der Waals surface area (Å²) in [4.78, 5) is 11.6. The molecule has 1 N–H and O–H groups in total. The van der Waals surface area contributed by atoms with Gasteiger partial charge in [0.1, 0.15) is 0 Å². The lowest BCUT2D eigenvalue weighted by Gasteiger charge is -2.07. The van der Waals surface area contributed by atoms with Crippen LogP contribution < -0.4 is 5.32 Å². The van der Waals surface area contributed by atoms with Crippen LogP contribution in [0.4, 0.5) is 0 Å². The van der Waals surface area contributed by atoms with E-state index in [4.69, 9.17) is 4.74 Å². The molecule has 0 aliphatic carbocycles. The SMILES string of the molecule is O=C(NCc1ccsc1)[C@H]1CCOC1. The van der Waals surface area contributed by atoms with Crippen LogP contribution in [-0.2, 0) is 16.1 Å². The smallest absolute Gasteiger partial charge is 0.225 e. The summed E-state index contributed by atoms with van der Waals surface area (Å²) in [5.74, 6) is 0.183. The molecule has 0 radical (unpaired) electrons. The van der Waals surface area contributed by atoms with Crippen LogP contribution in [0.2, 0.25) is 0 Å². The van der Waals surface area contributed by atoms with Gasteiger partial charge in [-0.15, -0.1) is 0 Å². The monoisotopic (exact) mass is 211 g/mol. The standard InChI is InChI=1S/C10H13NO2S/c12-10(9-1-3-13-6-9)11-5-8-2-4-14-7-8/h2,4,7,9H,1,3,5-6H2,(H,11,12)/t9-/m0/s1. The third-order valence-electron chi connectivity index (χ3n) is 2.35. The zero-order valence-corrected chi connectivity index (χ0v) is 8.68. The van der Waals surface area contributed by atoms with Gasteiger partial charge in [0.2, 0.25) is 5.91 Å². The van der Waals surface area contributed by atoms with Crippen LogP contribution in [0, 0.1) is 5.92 Å². The van der Waals surface area contributed by atoms with Crippen LogP contribution in [-0.4, -0.2) is 19.1 Å². The minimum atomic E-state index is 0.0636. The van der Waals surface area contributed by atoms with E-state index >= 15 is 0 Å². The van der Waals surface area contributed by atoms with Crippen molar-refractivity contribution in [3.63, 3.8) is 0 Å². The van der Waals surface area contributed by atoms with Crippen LogP contribution >= 0.6 is 11.3 Å². The van der Waals surface area contributed by atoms with Crippen molar-refractivity contribution in [2.75, 3.05) is 13.2 Å². The van der Waals surface area contributed by atoms with Crippen LogP contribution in [0.3, 0.4) is 0 Å². The third kappa shape index (κ3) is 2.33. The Morgan fingerprint density at radius 1 is 1.71 bits per heavy atom. The van der Waals surface area contributed by atoms with Crippen molar-refractivity contribution >= 4 is 17.2 Å². The highest BCUT2D eigenvalue weighted by molar-refractivity contribution is 7.07. The normalized spacial score (nSPS) is 21.0. The molecule has 14 heavy (non-hydrogen) atoms. The molecule has 1 aromatic heterocycles. The van der Waals surface area contributed by atoms with Crippen molar-refractivity contribution in [1.82, 2.24) is 5.32 Å². The van der Waals surface area contributed by atoms with Gasteiger partial charge in [0.15, 0.2) is 0 Å². The van der Waals surface area contributed by atoms with Gasteiger partial charge in [-0.2, -0.15) is 11.3 Å². The highest BCUT2D eigenvalue weighted by Crippen LogP contribution is 2.12. The van der Waals surface area contributed by atoms with E-state index in [2.05, 4.69) is 5.32 Å². The third-order valence-corrected chi connectivity index (χ3v) is 3.08. The highest BCUT2D eigenvalue weighted by Gasteiger charge is 2.22. The molecule has 1 atom stereocenters. The number of hydrogen-bond acceptors (Lipinski definition) is 3. The molecule has 4 heteroatoms. The summed E-state index contributed by atoms with van der Waals surface area (Å²) in [5, 5.41) is 6.98. The summed E-state index contributed by atoms with van der Waals surface area (Å²) in [7, 11) is 0. The fourth-order valence-corrected chi connectivity index (χ4v) is 2.14. The van der Waals surface area contributed by atoms with E-state index in [1.54, 1.807) is 11.3 Å². The molecule has 3 nitrogen and oxygen atoms in total. The maximum absolute atomic E-state index is 11.6. The molecular formula is C10H13NO2S. The maximum atomic E-state index is 11.6. The summed E-state index contributed by atoms with van der Waals surface area (Å²) in [6.07, 6.45) is 0.857. The fraction of sp³-hybridized carbons (Fsp3) is 0.500. The van der Waals surface area contributed by atoms with Crippen LogP contribution in [0.15, 0.2) is 16.8 Å². The van der Waals surface area contributed by atoms with Gasteiger partial charge in [-0.25, -0.2) is 0 Å². The topological polar surface area (TPSA) is 38.3 Å². The van der Waals surface area contributed by atoms with E-state index in [1.807, 2.05) is 16.8 Å². The molecule has 2 rings (SSSR count). The lowest BCUT2D eigenvalue weighted by molar-refractivity contribution is -0.125. The molecular weight excluding hydrogens is 198 g/mol. The fourth-order valence-electron chi connectivity index (χ4n) is 1.47. The van der Waals surface area contributed by atoms with Crippen molar-refractivity contribution in [1.29, 1.82) is 0 Å². The predicted octanol–water partition coefficient (Wildman–Crippen LogP) is 1.40. The van der Waals surface area contributed by atoms with Crippen LogP contribution in [0.1, 0.15) is 12.0 Å². The Bertz CT molecular complexity index is 291. The van der Waals surface area contributed by atoms with E-state index in [1.165, 1.54) is 5.56 Å². The number of carbonyl (C=O) groups excluding carboxylic acids is 1. The summed E-state index contributed by atoms with van der Waals surface area (Å²) >= 11 is 1.65. The zero-order valence-electron chi connectivity index (χ0n) is 7.86. The molecule has 0 saturated carbocycles. The predicted molar refractivity (Wildman–Crippen MR) is 55.1 cm³/mol. The van der Waals surface area contributed by atoms with E-state index in [-0.39, 0.29) is 11.8 Å². The van der Waals surface area contributed by atoms with Gasteiger partial charge in [0, 0.05) is 13.2 Å². The average Bonchev–Trinajstić information content (AvgIpc) is 2.87. The second-order valence-corrected chi connectivity index (χ2v) is 4.19. The Hall–Kier alpha value is -0.870. The minimum absolute atomic E-state index is 0.0636. The molecule has 0 bridgehead atoms. The Labute approximate surface area is 87.1 Å². The quantitative estimate of drug-likeness (QED) is 0.820. The molecule has 0 unspecified atom stereocenters. The molecule has 1 amide bonds. The number of carbonyl (C=O) groups is 1. The van der Waals surface area contributed by atoms with Gasteiger partial charge in [0.25, 0.3) is 0 Å². The summed E-state index contributed by atoms with van der Waals surface area (Å²) < 4.78 is 5.16.